The highest BCUT2D eigenvalue weighted by molar-refractivity contribution is 6.30. The van der Waals surface area contributed by atoms with Crippen LogP contribution in [0.25, 0.3) is 0 Å². The van der Waals surface area contributed by atoms with Gasteiger partial charge in [0.15, 0.2) is 5.69 Å². The van der Waals surface area contributed by atoms with Gasteiger partial charge < -0.3 is 15.0 Å². The van der Waals surface area contributed by atoms with E-state index in [4.69, 9.17) is 21.2 Å². The van der Waals surface area contributed by atoms with E-state index in [2.05, 4.69) is 15.5 Å². The number of H-pyrrole nitrogens is 1. The van der Waals surface area contributed by atoms with E-state index in [1.807, 2.05) is 0 Å². The SMILES string of the molecule is COCCON(C)C(=O)c1n[nH]c2c1CN(C(=O)Nc1cccc(Cl)c1)CC2. The van der Waals surface area contributed by atoms with Gasteiger partial charge in [-0.1, -0.05) is 17.7 Å². The van der Waals surface area contributed by atoms with Gasteiger partial charge in [-0.25, -0.2) is 9.86 Å². The van der Waals surface area contributed by atoms with E-state index < -0.39 is 0 Å². The number of aromatic nitrogens is 2. The summed E-state index contributed by atoms with van der Waals surface area (Å²) in [7, 11) is 3.07. The minimum atomic E-state index is -0.384. The van der Waals surface area contributed by atoms with Gasteiger partial charge in [0, 0.05) is 49.1 Å². The Morgan fingerprint density at radius 1 is 1.39 bits per heavy atom. The van der Waals surface area contributed by atoms with Gasteiger partial charge in [-0.05, 0) is 18.2 Å². The van der Waals surface area contributed by atoms with Crippen molar-refractivity contribution >= 4 is 29.2 Å². The summed E-state index contributed by atoms with van der Waals surface area (Å²) in [6, 6.07) is 6.67. The number of fused-ring (bicyclic) bond motifs is 1. The Hall–Kier alpha value is -2.62. The fraction of sp³-hybridized carbons (Fsp3) is 0.389. The smallest absolute Gasteiger partial charge is 0.322 e. The number of urea groups is 1. The number of anilines is 1. The van der Waals surface area contributed by atoms with Crippen molar-refractivity contribution in [1.29, 1.82) is 0 Å². The van der Waals surface area contributed by atoms with Gasteiger partial charge in [0.25, 0.3) is 5.91 Å². The number of hydrogen-bond donors (Lipinski definition) is 2. The summed E-state index contributed by atoms with van der Waals surface area (Å²) in [5.74, 6) is -0.384. The minimum absolute atomic E-state index is 0.246. The lowest BCUT2D eigenvalue weighted by Gasteiger charge is -2.27. The molecule has 2 N–H and O–H groups in total. The van der Waals surface area contributed by atoms with Crippen LogP contribution in [-0.2, 0) is 22.5 Å². The van der Waals surface area contributed by atoms with Crippen molar-refractivity contribution in [3.63, 3.8) is 0 Å². The lowest BCUT2D eigenvalue weighted by atomic mass is 10.1. The number of ether oxygens (including phenoxy) is 1. The first-order valence-electron chi connectivity index (χ1n) is 8.77. The fourth-order valence-corrected chi connectivity index (χ4v) is 3.07. The molecule has 2 aromatic rings. The second-order valence-corrected chi connectivity index (χ2v) is 6.71. The highest BCUT2D eigenvalue weighted by Gasteiger charge is 2.29. The average Bonchev–Trinajstić information content (AvgIpc) is 3.10. The topological polar surface area (TPSA) is 99.8 Å². The lowest BCUT2D eigenvalue weighted by Crippen LogP contribution is -2.39. The highest BCUT2D eigenvalue weighted by Crippen LogP contribution is 2.23. The van der Waals surface area contributed by atoms with E-state index in [9.17, 15) is 9.59 Å². The summed E-state index contributed by atoms with van der Waals surface area (Å²) >= 11 is 5.96. The van der Waals surface area contributed by atoms with Gasteiger partial charge in [0.05, 0.1) is 19.8 Å². The highest BCUT2D eigenvalue weighted by atomic mass is 35.5. The summed E-state index contributed by atoms with van der Waals surface area (Å²) in [4.78, 5) is 32.2. The van der Waals surface area contributed by atoms with Crippen LogP contribution >= 0.6 is 11.6 Å². The summed E-state index contributed by atoms with van der Waals surface area (Å²) in [5, 5.41) is 11.5. The number of benzene rings is 1. The Balaban J connectivity index is 1.68. The van der Waals surface area contributed by atoms with E-state index >= 15 is 0 Å². The van der Waals surface area contributed by atoms with Gasteiger partial charge in [0.1, 0.15) is 0 Å². The predicted octanol–water partition coefficient (Wildman–Crippen LogP) is 2.30. The average molecular weight is 408 g/mol. The van der Waals surface area contributed by atoms with Gasteiger partial charge in [-0.3, -0.25) is 14.7 Å². The molecule has 150 valence electrons. The van der Waals surface area contributed by atoms with E-state index in [-0.39, 0.29) is 30.8 Å². The number of nitrogens with one attached hydrogen (secondary N) is 2. The van der Waals surface area contributed by atoms with Crippen LogP contribution in [0.2, 0.25) is 5.02 Å². The van der Waals surface area contributed by atoms with Crippen LogP contribution in [0.4, 0.5) is 10.5 Å². The molecule has 0 atom stereocenters. The molecule has 1 aliphatic heterocycles. The predicted molar refractivity (Wildman–Crippen MR) is 103 cm³/mol. The lowest BCUT2D eigenvalue weighted by molar-refractivity contribution is -0.117. The normalized spacial score (nSPS) is 13.2. The largest absolute Gasteiger partial charge is 0.382 e. The molecule has 0 fully saturated rings. The molecule has 0 spiro atoms. The molecule has 10 heteroatoms. The van der Waals surface area contributed by atoms with E-state index in [0.717, 1.165) is 10.8 Å². The third kappa shape index (κ3) is 4.61. The molecular formula is C18H22ClN5O4. The molecule has 0 radical (unpaired) electrons. The van der Waals surface area contributed by atoms with E-state index in [0.29, 0.717) is 35.8 Å². The van der Waals surface area contributed by atoms with Crippen molar-refractivity contribution in [2.24, 2.45) is 0 Å². The number of hydroxylamine groups is 2. The van der Waals surface area contributed by atoms with Gasteiger partial charge in [-0.15, -0.1) is 0 Å². The third-order valence-electron chi connectivity index (χ3n) is 4.36. The number of carbonyl (C=O) groups excluding carboxylic acids is 2. The molecule has 0 aliphatic carbocycles. The summed E-state index contributed by atoms with van der Waals surface area (Å²) < 4.78 is 4.91. The number of amides is 3. The molecule has 2 heterocycles. The maximum Gasteiger partial charge on any atom is 0.322 e. The molecule has 3 amide bonds. The molecule has 0 bridgehead atoms. The molecule has 0 unspecified atom stereocenters. The van der Waals surface area contributed by atoms with Crippen LogP contribution in [0, 0.1) is 0 Å². The van der Waals surface area contributed by atoms with E-state index in [1.165, 1.54) is 7.05 Å². The number of carbonyl (C=O) groups is 2. The van der Waals surface area contributed by atoms with Gasteiger partial charge >= 0.3 is 6.03 Å². The first-order chi connectivity index (χ1) is 13.5. The van der Waals surface area contributed by atoms with Gasteiger partial charge in [-0.2, -0.15) is 5.10 Å². The van der Waals surface area contributed by atoms with Crippen molar-refractivity contribution in [2.75, 3.05) is 39.2 Å². The molecule has 9 nitrogen and oxygen atoms in total. The quantitative estimate of drug-likeness (QED) is 0.565. The Bertz CT molecular complexity index is 856. The second kappa shape index (κ2) is 9.05. The summed E-state index contributed by atoms with van der Waals surface area (Å²) in [6.45, 7) is 1.40. The molecule has 3 rings (SSSR count). The second-order valence-electron chi connectivity index (χ2n) is 6.27. The van der Waals surface area contributed by atoms with Crippen molar-refractivity contribution in [3.8, 4) is 0 Å². The Labute approximate surface area is 167 Å². The molecule has 1 aromatic carbocycles. The Morgan fingerprint density at radius 2 is 2.21 bits per heavy atom. The van der Waals surface area contributed by atoms with Crippen LogP contribution in [0.15, 0.2) is 24.3 Å². The monoisotopic (exact) mass is 407 g/mol. The number of nitrogens with zero attached hydrogens (tertiary/aromatic N) is 3. The zero-order valence-electron chi connectivity index (χ0n) is 15.7. The standard InChI is InChI=1S/C18H22ClN5O4/c1-23(28-9-8-27-2)17(25)16-14-11-24(7-6-15(14)21-22-16)18(26)20-13-5-3-4-12(19)10-13/h3-5,10H,6-9,11H2,1-2H3,(H,20,26)(H,21,22). The Morgan fingerprint density at radius 3 is 2.96 bits per heavy atom. The maximum absolute atomic E-state index is 12.6. The molecule has 0 saturated heterocycles. The summed E-state index contributed by atoms with van der Waals surface area (Å²) in [5.41, 5.74) is 2.40. The van der Waals surface area contributed by atoms with Crippen LogP contribution in [0.5, 0.6) is 0 Å². The molecule has 28 heavy (non-hydrogen) atoms. The molecule has 1 aliphatic rings. The van der Waals surface area contributed by atoms with Gasteiger partial charge in [0.2, 0.25) is 0 Å². The first-order valence-corrected chi connectivity index (χ1v) is 9.15. The number of methoxy groups -OCH3 is 1. The zero-order chi connectivity index (χ0) is 20.1. The number of halogens is 1. The maximum atomic E-state index is 12.6. The number of aromatic amines is 1. The van der Waals surface area contributed by atoms with E-state index in [1.54, 1.807) is 36.3 Å². The fourth-order valence-electron chi connectivity index (χ4n) is 2.88. The third-order valence-corrected chi connectivity index (χ3v) is 4.59. The van der Waals surface area contributed by atoms with Crippen LogP contribution in [0.3, 0.4) is 0 Å². The zero-order valence-corrected chi connectivity index (χ0v) is 16.5. The number of rotatable bonds is 6. The van der Waals surface area contributed by atoms with Crippen molar-refractivity contribution in [3.05, 3.63) is 46.2 Å². The minimum Gasteiger partial charge on any atom is -0.382 e. The van der Waals surface area contributed by atoms with Crippen molar-refractivity contribution in [2.45, 2.75) is 13.0 Å². The summed E-state index contributed by atoms with van der Waals surface area (Å²) in [6.07, 6.45) is 0.576. The number of hydrogen-bond acceptors (Lipinski definition) is 5. The van der Waals surface area contributed by atoms with Crippen molar-refractivity contribution in [1.82, 2.24) is 20.2 Å². The molecular weight excluding hydrogens is 386 g/mol. The molecule has 1 aromatic heterocycles. The van der Waals surface area contributed by atoms with Crippen molar-refractivity contribution < 1.29 is 19.2 Å². The van der Waals surface area contributed by atoms with Crippen LogP contribution in [-0.4, -0.2) is 66.0 Å². The van der Waals surface area contributed by atoms with Crippen LogP contribution < -0.4 is 5.32 Å². The Kier molecular flexibility index (Phi) is 6.50. The molecule has 0 saturated carbocycles. The first kappa shape index (κ1) is 20.1. The van der Waals surface area contributed by atoms with Crippen LogP contribution in [0.1, 0.15) is 21.7 Å².